The van der Waals surface area contributed by atoms with Gasteiger partial charge in [-0.3, -0.25) is 14.9 Å². The number of amides is 1. The van der Waals surface area contributed by atoms with E-state index in [4.69, 9.17) is 11.6 Å². The van der Waals surface area contributed by atoms with Crippen LogP contribution in [-0.2, 0) is 0 Å². The van der Waals surface area contributed by atoms with Crippen molar-refractivity contribution in [2.24, 2.45) is 0 Å². The third kappa shape index (κ3) is 2.77. The highest BCUT2D eigenvalue weighted by Gasteiger charge is 2.21. The van der Waals surface area contributed by atoms with Crippen LogP contribution in [0.25, 0.3) is 0 Å². The third-order valence-electron chi connectivity index (χ3n) is 1.66. The van der Waals surface area contributed by atoms with E-state index >= 15 is 0 Å². The van der Waals surface area contributed by atoms with Crippen molar-refractivity contribution < 1.29 is 9.72 Å². The van der Waals surface area contributed by atoms with E-state index in [9.17, 15) is 14.9 Å². The molecule has 0 aromatic carbocycles. The lowest BCUT2D eigenvalue weighted by Crippen LogP contribution is -2.25. The number of nitrogens with one attached hydrogen (secondary N) is 1. The summed E-state index contributed by atoms with van der Waals surface area (Å²) in [5, 5.41) is 13.0. The Balaban J connectivity index is 3.09. The van der Waals surface area contributed by atoms with Crippen LogP contribution in [0.1, 0.15) is 10.5 Å². The quantitative estimate of drug-likeness (QED) is 0.375. The smallest absolute Gasteiger partial charge is 0.300 e. The molecule has 84 valence electrons. The molecule has 0 spiro atoms. The van der Waals surface area contributed by atoms with Gasteiger partial charge in [-0.2, -0.15) is 0 Å². The number of halogens is 1. The van der Waals surface area contributed by atoms with E-state index in [2.05, 4.69) is 16.9 Å². The molecule has 0 bridgehead atoms. The fourth-order valence-electron chi connectivity index (χ4n) is 0.991. The zero-order chi connectivity index (χ0) is 12.1. The maximum atomic E-state index is 11.5. The van der Waals surface area contributed by atoms with Crippen LogP contribution < -0.4 is 5.32 Å². The molecular formula is C9H8ClN3O3. The van der Waals surface area contributed by atoms with E-state index in [0.29, 0.717) is 0 Å². The number of rotatable bonds is 4. The molecule has 6 nitrogen and oxygen atoms in total. The highest BCUT2D eigenvalue weighted by atomic mass is 35.5. The van der Waals surface area contributed by atoms with Gasteiger partial charge < -0.3 is 5.32 Å². The van der Waals surface area contributed by atoms with Gasteiger partial charge in [-0.1, -0.05) is 17.7 Å². The lowest BCUT2D eigenvalue weighted by atomic mass is 10.3. The van der Waals surface area contributed by atoms with E-state index in [1.54, 1.807) is 0 Å². The molecule has 0 aliphatic rings. The molecule has 0 aliphatic heterocycles. The average molecular weight is 242 g/mol. The molecule has 16 heavy (non-hydrogen) atoms. The summed E-state index contributed by atoms with van der Waals surface area (Å²) in [5.74, 6) is -0.658. The largest absolute Gasteiger partial charge is 0.347 e. The normalized spacial score (nSPS) is 9.56. The number of nitro groups is 1. The summed E-state index contributed by atoms with van der Waals surface area (Å²) in [6.07, 6.45) is 1.45. The summed E-state index contributed by atoms with van der Waals surface area (Å²) < 4.78 is 0. The average Bonchev–Trinajstić information content (AvgIpc) is 2.25. The van der Waals surface area contributed by atoms with Gasteiger partial charge in [0.05, 0.1) is 4.92 Å². The highest BCUT2D eigenvalue weighted by Crippen LogP contribution is 2.18. The lowest BCUT2D eigenvalue weighted by Gasteiger charge is -2.02. The van der Waals surface area contributed by atoms with Gasteiger partial charge >= 0.3 is 5.69 Å². The van der Waals surface area contributed by atoms with Gasteiger partial charge in [-0.15, -0.1) is 6.58 Å². The molecule has 0 aliphatic carbocycles. The number of carbonyl (C=O) groups is 1. The van der Waals surface area contributed by atoms with Gasteiger partial charge in [0.15, 0.2) is 0 Å². The molecule has 1 heterocycles. The monoisotopic (exact) mass is 241 g/mol. The van der Waals surface area contributed by atoms with E-state index in [1.165, 1.54) is 12.1 Å². The topological polar surface area (TPSA) is 85.1 Å². The predicted octanol–water partition coefficient (Wildman–Crippen LogP) is 1.56. The first-order valence-corrected chi connectivity index (χ1v) is 4.64. The SMILES string of the molecule is C=CCNC(=O)c1nc(Cl)ccc1[N+](=O)[O-]. The Morgan fingerprint density at radius 3 is 2.94 bits per heavy atom. The van der Waals surface area contributed by atoms with Crippen molar-refractivity contribution in [1.29, 1.82) is 0 Å². The van der Waals surface area contributed by atoms with Crippen molar-refractivity contribution in [3.8, 4) is 0 Å². The summed E-state index contributed by atoms with van der Waals surface area (Å²) in [6.45, 7) is 3.60. The fraction of sp³-hybridized carbons (Fsp3) is 0.111. The van der Waals surface area contributed by atoms with Gasteiger partial charge in [-0.05, 0) is 6.07 Å². The zero-order valence-corrected chi connectivity index (χ0v) is 8.90. The van der Waals surface area contributed by atoms with Crippen LogP contribution >= 0.6 is 11.6 Å². The van der Waals surface area contributed by atoms with Gasteiger partial charge in [0.2, 0.25) is 5.69 Å². The molecule has 1 amide bonds. The maximum absolute atomic E-state index is 11.5. The Morgan fingerprint density at radius 1 is 1.69 bits per heavy atom. The lowest BCUT2D eigenvalue weighted by molar-refractivity contribution is -0.385. The van der Waals surface area contributed by atoms with Gasteiger partial charge in [-0.25, -0.2) is 4.98 Å². The zero-order valence-electron chi connectivity index (χ0n) is 8.14. The van der Waals surface area contributed by atoms with E-state index in [1.807, 2.05) is 0 Å². The van der Waals surface area contributed by atoms with E-state index in [-0.39, 0.29) is 23.1 Å². The molecule has 0 fully saturated rings. The number of carbonyl (C=O) groups excluding carboxylic acids is 1. The molecule has 7 heteroatoms. The van der Waals surface area contributed by atoms with Crippen LogP contribution in [0.15, 0.2) is 24.8 Å². The molecule has 0 saturated heterocycles. The number of nitrogens with zero attached hydrogens (tertiary/aromatic N) is 2. The molecule has 0 saturated carbocycles. The predicted molar refractivity (Wildman–Crippen MR) is 58.4 cm³/mol. The van der Waals surface area contributed by atoms with Crippen LogP contribution in [0.5, 0.6) is 0 Å². The summed E-state index contributed by atoms with van der Waals surface area (Å²) >= 11 is 5.57. The summed E-state index contributed by atoms with van der Waals surface area (Å²) in [7, 11) is 0. The van der Waals surface area contributed by atoms with Crippen LogP contribution in [0.3, 0.4) is 0 Å². The van der Waals surface area contributed by atoms with Gasteiger partial charge in [0.25, 0.3) is 5.91 Å². The molecule has 1 aromatic heterocycles. The Morgan fingerprint density at radius 2 is 2.38 bits per heavy atom. The first kappa shape index (κ1) is 12.1. The fourth-order valence-corrected chi connectivity index (χ4v) is 1.14. The Bertz CT molecular complexity index is 448. The summed E-state index contributed by atoms with van der Waals surface area (Å²) in [4.78, 5) is 25.1. The van der Waals surface area contributed by atoms with Crippen LogP contribution in [0.4, 0.5) is 5.69 Å². The minimum Gasteiger partial charge on any atom is -0.347 e. The van der Waals surface area contributed by atoms with Crippen molar-refractivity contribution in [3.63, 3.8) is 0 Å². The van der Waals surface area contributed by atoms with Crippen LogP contribution in [-0.4, -0.2) is 22.4 Å². The third-order valence-corrected chi connectivity index (χ3v) is 1.87. The summed E-state index contributed by atoms with van der Waals surface area (Å²) in [5.41, 5.74) is -0.690. The Kier molecular flexibility index (Phi) is 3.96. The van der Waals surface area contributed by atoms with Crippen molar-refractivity contribution in [2.45, 2.75) is 0 Å². The molecule has 1 rings (SSSR count). The van der Waals surface area contributed by atoms with Gasteiger partial charge in [0.1, 0.15) is 5.15 Å². The molecule has 0 unspecified atom stereocenters. The molecule has 1 N–H and O–H groups in total. The van der Waals surface area contributed by atoms with Crippen molar-refractivity contribution in [1.82, 2.24) is 10.3 Å². The first-order valence-electron chi connectivity index (χ1n) is 4.26. The number of aromatic nitrogens is 1. The number of hydrogen-bond acceptors (Lipinski definition) is 4. The minimum absolute atomic E-state index is 0.0225. The maximum Gasteiger partial charge on any atom is 0.300 e. The van der Waals surface area contributed by atoms with Crippen molar-refractivity contribution in [3.05, 3.63) is 45.7 Å². The van der Waals surface area contributed by atoms with Crippen molar-refractivity contribution >= 4 is 23.2 Å². The molecule has 0 radical (unpaired) electrons. The highest BCUT2D eigenvalue weighted by molar-refractivity contribution is 6.29. The molecular weight excluding hydrogens is 234 g/mol. The Hall–Kier alpha value is -1.95. The van der Waals surface area contributed by atoms with Crippen LogP contribution in [0, 0.1) is 10.1 Å². The van der Waals surface area contributed by atoms with E-state index < -0.39 is 10.8 Å². The van der Waals surface area contributed by atoms with Crippen molar-refractivity contribution in [2.75, 3.05) is 6.54 Å². The first-order chi connectivity index (χ1) is 7.56. The second kappa shape index (κ2) is 5.22. The molecule has 1 aromatic rings. The van der Waals surface area contributed by atoms with Crippen LogP contribution in [0.2, 0.25) is 5.15 Å². The number of hydrogen-bond donors (Lipinski definition) is 1. The number of pyridine rings is 1. The second-order valence-electron chi connectivity index (χ2n) is 2.76. The second-order valence-corrected chi connectivity index (χ2v) is 3.14. The molecule has 0 atom stereocenters. The van der Waals surface area contributed by atoms with E-state index in [0.717, 1.165) is 6.07 Å². The minimum atomic E-state index is -0.688. The van der Waals surface area contributed by atoms with Gasteiger partial charge in [0, 0.05) is 12.6 Å². The Labute approximate surface area is 96.1 Å². The standard InChI is InChI=1S/C9H8ClN3O3/c1-2-5-11-9(14)8-6(13(15)16)3-4-7(10)12-8/h2-4H,1,5H2,(H,11,14). The summed E-state index contributed by atoms with van der Waals surface area (Å²) in [6, 6.07) is 2.39.